The van der Waals surface area contributed by atoms with Crippen molar-refractivity contribution in [3.8, 4) is 11.1 Å². The molecule has 2 unspecified atom stereocenters. The van der Waals surface area contributed by atoms with E-state index in [4.69, 9.17) is 9.84 Å². The van der Waals surface area contributed by atoms with Crippen LogP contribution in [-0.2, 0) is 14.3 Å². The highest BCUT2D eigenvalue weighted by Crippen LogP contribution is 2.44. The third kappa shape index (κ3) is 6.59. The summed E-state index contributed by atoms with van der Waals surface area (Å²) in [6, 6.07) is 15.9. The molecule has 182 valence electrons. The van der Waals surface area contributed by atoms with Crippen molar-refractivity contribution >= 4 is 18.0 Å². The zero-order valence-corrected chi connectivity index (χ0v) is 20.0. The van der Waals surface area contributed by atoms with Gasteiger partial charge in [0.15, 0.2) is 0 Å². The Balaban J connectivity index is 1.40. The van der Waals surface area contributed by atoms with Crippen molar-refractivity contribution in [1.29, 1.82) is 0 Å². The standard InChI is InChI=1S/C27H34N2O5/c1-17(26(32)28-19(3)15-25(30)31)9-8-10-18(2)29-27(33)34-16-24-22-13-6-4-11-20(22)21-12-5-7-14-23(21)24/h4-7,11-14,17-19,24H,8-10,15-16H2,1-3H3,(H,28,32)(H,29,33)(H,30,31)/t17?,18?,19-/m1/s1. The molecule has 3 rings (SSSR count). The van der Waals surface area contributed by atoms with E-state index in [1.165, 1.54) is 22.3 Å². The van der Waals surface area contributed by atoms with Gasteiger partial charge in [-0.15, -0.1) is 0 Å². The molecule has 3 atom stereocenters. The molecule has 0 bridgehead atoms. The van der Waals surface area contributed by atoms with Gasteiger partial charge < -0.3 is 20.5 Å². The third-order valence-electron chi connectivity index (χ3n) is 6.30. The zero-order valence-electron chi connectivity index (χ0n) is 20.0. The highest BCUT2D eigenvalue weighted by atomic mass is 16.5. The van der Waals surface area contributed by atoms with Gasteiger partial charge in [0.2, 0.25) is 5.91 Å². The average Bonchev–Trinajstić information content (AvgIpc) is 3.10. The number of hydrogen-bond acceptors (Lipinski definition) is 4. The maximum absolute atomic E-state index is 12.4. The smallest absolute Gasteiger partial charge is 0.407 e. The second-order valence-electron chi connectivity index (χ2n) is 9.21. The largest absolute Gasteiger partial charge is 0.481 e. The first-order chi connectivity index (χ1) is 16.3. The van der Waals surface area contributed by atoms with Crippen molar-refractivity contribution in [3.63, 3.8) is 0 Å². The summed E-state index contributed by atoms with van der Waals surface area (Å²) in [5.41, 5.74) is 4.73. The van der Waals surface area contributed by atoms with E-state index in [0.717, 1.165) is 6.42 Å². The van der Waals surface area contributed by atoms with Crippen LogP contribution in [0.5, 0.6) is 0 Å². The van der Waals surface area contributed by atoms with E-state index in [2.05, 4.69) is 34.9 Å². The van der Waals surface area contributed by atoms with Crippen LogP contribution in [0.25, 0.3) is 11.1 Å². The van der Waals surface area contributed by atoms with Crippen molar-refractivity contribution in [2.24, 2.45) is 5.92 Å². The maximum atomic E-state index is 12.4. The zero-order chi connectivity index (χ0) is 24.7. The Morgan fingerprint density at radius 2 is 1.47 bits per heavy atom. The Labute approximate surface area is 200 Å². The molecular weight excluding hydrogens is 432 g/mol. The SMILES string of the molecule is CC(CCCC(C)C(=O)N[C@H](C)CC(=O)O)NC(=O)OCC1c2ccccc2-c2ccccc21. The summed E-state index contributed by atoms with van der Waals surface area (Å²) in [6.07, 6.45) is 1.59. The fourth-order valence-electron chi connectivity index (χ4n) is 4.47. The first kappa shape index (κ1) is 25.3. The summed E-state index contributed by atoms with van der Waals surface area (Å²) >= 11 is 0. The van der Waals surface area contributed by atoms with Crippen LogP contribution in [0.2, 0.25) is 0 Å². The number of nitrogens with one attached hydrogen (secondary N) is 2. The number of hydrogen-bond donors (Lipinski definition) is 3. The summed E-state index contributed by atoms with van der Waals surface area (Å²) in [4.78, 5) is 35.3. The molecule has 1 aliphatic carbocycles. The molecule has 2 amide bonds. The number of benzene rings is 2. The van der Waals surface area contributed by atoms with E-state index >= 15 is 0 Å². The number of fused-ring (bicyclic) bond motifs is 3. The molecule has 3 N–H and O–H groups in total. The van der Waals surface area contributed by atoms with Crippen molar-refractivity contribution in [2.75, 3.05) is 6.61 Å². The molecule has 0 saturated heterocycles. The maximum Gasteiger partial charge on any atom is 0.407 e. The minimum Gasteiger partial charge on any atom is -0.481 e. The number of rotatable bonds is 11. The van der Waals surface area contributed by atoms with Gasteiger partial charge in [0.25, 0.3) is 0 Å². The van der Waals surface area contributed by atoms with Crippen LogP contribution in [0.3, 0.4) is 0 Å². The summed E-state index contributed by atoms with van der Waals surface area (Å²) in [5.74, 6) is -1.28. The molecule has 7 nitrogen and oxygen atoms in total. The second-order valence-corrected chi connectivity index (χ2v) is 9.21. The molecule has 34 heavy (non-hydrogen) atoms. The van der Waals surface area contributed by atoms with Crippen LogP contribution >= 0.6 is 0 Å². The Bertz CT molecular complexity index is 976. The van der Waals surface area contributed by atoms with E-state index in [9.17, 15) is 14.4 Å². The van der Waals surface area contributed by atoms with Crippen LogP contribution in [0.15, 0.2) is 48.5 Å². The molecule has 1 aliphatic rings. The number of amides is 2. The van der Waals surface area contributed by atoms with Crippen LogP contribution in [0.1, 0.15) is 63.5 Å². The van der Waals surface area contributed by atoms with Gasteiger partial charge in [0, 0.05) is 23.9 Å². The van der Waals surface area contributed by atoms with E-state index in [-0.39, 0.29) is 36.8 Å². The highest BCUT2D eigenvalue weighted by molar-refractivity contribution is 5.80. The van der Waals surface area contributed by atoms with Gasteiger partial charge in [0.05, 0.1) is 6.42 Å². The third-order valence-corrected chi connectivity index (χ3v) is 6.30. The van der Waals surface area contributed by atoms with Crippen molar-refractivity contribution in [2.45, 2.75) is 64.5 Å². The van der Waals surface area contributed by atoms with Gasteiger partial charge in [-0.3, -0.25) is 9.59 Å². The Hall–Kier alpha value is -3.35. The Kier molecular flexibility index (Phi) is 8.68. The van der Waals surface area contributed by atoms with Crippen LogP contribution < -0.4 is 10.6 Å². The van der Waals surface area contributed by atoms with E-state index < -0.39 is 18.1 Å². The molecule has 0 aromatic heterocycles. The average molecular weight is 467 g/mol. The minimum absolute atomic E-state index is 0.0244. The number of aliphatic carboxylic acids is 1. The van der Waals surface area contributed by atoms with Crippen molar-refractivity contribution < 1.29 is 24.2 Å². The molecule has 0 fully saturated rings. The predicted octanol–water partition coefficient (Wildman–Crippen LogP) is 4.70. The molecule has 2 aromatic carbocycles. The lowest BCUT2D eigenvalue weighted by Gasteiger charge is -2.19. The molecule has 0 radical (unpaired) electrons. The van der Waals surface area contributed by atoms with Crippen LogP contribution in [0, 0.1) is 5.92 Å². The van der Waals surface area contributed by atoms with Gasteiger partial charge in [-0.05, 0) is 48.9 Å². The van der Waals surface area contributed by atoms with Crippen molar-refractivity contribution in [3.05, 3.63) is 59.7 Å². The molecule has 0 heterocycles. The molecule has 0 spiro atoms. The van der Waals surface area contributed by atoms with E-state index in [1.54, 1.807) is 6.92 Å². The lowest BCUT2D eigenvalue weighted by atomic mass is 9.98. The minimum atomic E-state index is -0.936. The quantitative estimate of drug-likeness (QED) is 0.445. The van der Waals surface area contributed by atoms with Gasteiger partial charge in [0.1, 0.15) is 6.61 Å². The fraction of sp³-hybridized carbons (Fsp3) is 0.444. The molecule has 0 saturated carbocycles. The van der Waals surface area contributed by atoms with Gasteiger partial charge in [-0.1, -0.05) is 61.9 Å². The first-order valence-electron chi connectivity index (χ1n) is 11.9. The summed E-state index contributed by atoms with van der Waals surface area (Å²) < 4.78 is 5.59. The number of carbonyl (C=O) groups excluding carboxylic acids is 2. The normalized spacial score (nSPS) is 14.9. The fourth-order valence-corrected chi connectivity index (χ4v) is 4.47. The topological polar surface area (TPSA) is 105 Å². The summed E-state index contributed by atoms with van der Waals surface area (Å²) in [7, 11) is 0. The van der Waals surface area contributed by atoms with Gasteiger partial charge in [-0.2, -0.15) is 0 Å². The van der Waals surface area contributed by atoms with Crippen LogP contribution in [-0.4, -0.2) is 41.8 Å². The summed E-state index contributed by atoms with van der Waals surface area (Å²) in [6.45, 7) is 5.70. The second kappa shape index (κ2) is 11.7. The number of carbonyl (C=O) groups is 3. The predicted molar refractivity (Wildman–Crippen MR) is 131 cm³/mol. The Morgan fingerprint density at radius 1 is 0.882 bits per heavy atom. The lowest BCUT2D eigenvalue weighted by molar-refractivity contribution is -0.137. The Morgan fingerprint density at radius 3 is 2.06 bits per heavy atom. The highest BCUT2D eigenvalue weighted by Gasteiger charge is 2.29. The number of alkyl carbamates (subject to hydrolysis) is 1. The first-order valence-corrected chi connectivity index (χ1v) is 11.9. The van der Waals surface area contributed by atoms with E-state index in [1.807, 2.05) is 38.1 Å². The van der Waals surface area contributed by atoms with Crippen molar-refractivity contribution in [1.82, 2.24) is 10.6 Å². The number of carboxylic acid groups (broad SMARTS) is 1. The van der Waals surface area contributed by atoms with Crippen LogP contribution in [0.4, 0.5) is 4.79 Å². The number of ether oxygens (including phenoxy) is 1. The molecule has 7 heteroatoms. The monoisotopic (exact) mass is 466 g/mol. The lowest BCUT2D eigenvalue weighted by Crippen LogP contribution is -2.37. The molecular formula is C27H34N2O5. The van der Waals surface area contributed by atoms with Gasteiger partial charge >= 0.3 is 12.1 Å². The van der Waals surface area contributed by atoms with Gasteiger partial charge in [-0.25, -0.2) is 4.79 Å². The molecule has 0 aliphatic heterocycles. The van der Waals surface area contributed by atoms with E-state index in [0.29, 0.717) is 12.8 Å². The number of carboxylic acids is 1. The molecule has 2 aromatic rings. The summed E-state index contributed by atoms with van der Waals surface area (Å²) in [5, 5.41) is 14.4.